The fourth-order valence-corrected chi connectivity index (χ4v) is 3.31. The van der Waals surface area contributed by atoms with Gasteiger partial charge in [0.25, 0.3) is 0 Å². The number of nitrogens with one attached hydrogen (secondary N) is 2. The second-order valence-electron chi connectivity index (χ2n) is 7.12. The van der Waals surface area contributed by atoms with Crippen LogP contribution in [-0.4, -0.2) is 36.5 Å². The molecule has 0 aliphatic rings. The predicted octanol–water partition coefficient (Wildman–Crippen LogP) is 2.48. The van der Waals surface area contributed by atoms with E-state index in [0.29, 0.717) is 18.2 Å². The van der Waals surface area contributed by atoms with Gasteiger partial charge in [-0.25, -0.2) is 9.97 Å². The van der Waals surface area contributed by atoms with Crippen LogP contribution in [0.4, 0.5) is 5.95 Å². The lowest BCUT2D eigenvalue weighted by Crippen LogP contribution is -2.41. The van der Waals surface area contributed by atoms with E-state index in [0.717, 1.165) is 22.6 Å². The molecule has 0 saturated carbocycles. The van der Waals surface area contributed by atoms with Gasteiger partial charge >= 0.3 is 0 Å². The average Bonchev–Trinajstić information content (AvgIpc) is 3.15. The highest BCUT2D eigenvalue weighted by Gasteiger charge is 2.21. The third kappa shape index (κ3) is 4.60. The molecule has 0 aliphatic heterocycles. The molecule has 8 heteroatoms. The predicted molar refractivity (Wildman–Crippen MR) is 114 cm³/mol. The first-order chi connectivity index (χ1) is 14.6. The molecule has 4 aromatic rings. The Kier molecular flexibility index (Phi) is 5.65. The molecule has 3 heterocycles. The van der Waals surface area contributed by atoms with Gasteiger partial charge in [-0.2, -0.15) is 0 Å². The van der Waals surface area contributed by atoms with Crippen LogP contribution < -0.4 is 10.6 Å². The van der Waals surface area contributed by atoms with Crippen LogP contribution in [0.1, 0.15) is 22.8 Å². The number of anilines is 1. The van der Waals surface area contributed by atoms with Gasteiger partial charge in [-0.05, 0) is 37.6 Å². The molecule has 0 spiro atoms. The maximum Gasteiger partial charge on any atom is 0.243 e. The summed E-state index contributed by atoms with van der Waals surface area (Å²) in [6.07, 6.45) is 2.38. The third-order valence-electron chi connectivity index (χ3n) is 4.69. The van der Waals surface area contributed by atoms with E-state index in [9.17, 15) is 4.79 Å². The molecule has 4 rings (SSSR count). The summed E-state index contributed by atoms with van der Waals surface area (Å²) < 4.78 is 1.85. The fourth-order valence-electron chi connectivity index (χ4n) is 3.31. The molecule has 0 saturated heterocycles. The van der Waals surface area contributed by atoms with Crippen molar-refractivity contribution in [1.82, 2.24) is 29.9 Å². The fraction of sp³-hybridized carbons (Fsp3) is 0.227. The number of benzene rings is 1. The number of aromatic nitrogens is 5. The Morgan fingerprint density at radius 1 is 1.00 bits per heavy atom. The smallest absolute Gasteiger partial charge is 0.243 e. The molecule has 152 valence electrons. The van der Waals surface area contributed by atoms with E-state index in [4.69, 9.17) is 0 Å². The number of hydrogen-bond donors (Lipinski definition) is 2. The number of pyridine rings is 1. The SMILES string of the molecule is Cc1cc(C)nc(N[C@H](Cc2ccccc2)C(=O)NCc2nnc3ccccn23)n1. The van der Waals surface area contributed by atoms with E-state index in [1.807, 2.05) is 79.0 Å². The van der Waals surface area contributed by atoms with Crippen molar-refractivity contribution >= 4 is 17.5 Å². The molecule has 1 aromatic carbocycles. The molecular formula is C22H23N7O. The minimum absolute atomic E-state index is 0.158. The van der Waals surface area contributed by atoms with E-state index in [1.165, 1.54) is 0 Å². The number of carbonyl (C=O) groups is 1. The van der Waals surface area contributed by atoms with Crippen LogP contribution in [0.15, 0.2) is 60.8 Å². The zero-order valence-corrected chi connectivity index (χ0v) is 16.9. The van der Waals surface area contributed by atoms with Crippen LogP contribution in [-0.2, 0) is 17.8 Å². The summed E-state index contributed by atoms with van der Waals surface area (Å²) in [5, 5.41) is 14.5. The Balaban J connectivity index is 1.52. The maximum atomic E-state index is 13.1. The lowest BCUT2D eigenvalue weighted by molar-refractivity contribution is -0.122. The highest BCUT2D eigenvalue weighted by Crippen LogP contribution is 2.11. The van der Waals surface area contributed by atoms with E-state index < -0.39 is 6.04 Å². The monoisotopic (exact) mass is 401 g/mol. The van der Waals surface area contributed by atoms with Crippen LogP contribution in [0.2, 0.25) is 0 Å². The van der Waals surface area contributed by atoms with Gasteiger partial charge in [-0.1, -0.05) is 36.4 Å². The first-order valence-electron chi connectivity index (χ1n) is 9.77. The summed E-state index contributed by atoms with van der Waals surface area (Å²) in [6, 6.07) is 16.9. The Morgan fingerprint density at radius 2 is 1.73 bits per heavy atom. The normalized spacial score (nSPS) is 11.9. The van der Waals surface area contributed by atoms with Crippen molar-refractivity contribution in [2.45, 2.75) is 32.9 Å². The summed E-state index contributed by atoms with van der Waals surface area (Å²) in [5.41, 5.74) is 3.48. The topological polar surface area (TPSA) is 97.1 Å². The highest BCUT2D eigenvalue weighted by molar-refractivity contribution is 5.84. The Morgan fingerprint density at radius 3 is 2.50 bits per heavy atom. The molecule has 3 aromatic heterocycles. The van der Waals surface area contributed by atoms with Crippen molar-refractivity contribution in [1.29, 1.82) is 0 Å². The van der Waals surface area contributed by atoms with Crippen LogP contribution in [0.25, 0.3) is 5.65 Å². The van der Waals surface area contributed by atoms with Crippen molar-refractivity contribution in [3.63, 3.8) is 0 Å². The molecule has 1 atom stereocenters. The summed E-state index contributed by atoms with van der Waals surface area (Å²) in [5.74, 6) is 0.950. The van der Waals surface area contributed by atoms with E-state index in [2.05, 4.69) is 30.8 Å². The van der Waals surface area contributed by atoms with Gasteiger partial charge in [-0.3, -0.25) is 9.20 Å². The summed E-state index contributed by atoms with van der Waals surface area (Å²) in [6.45, 7) is 4.08. The van der Waals surface area contributed by atoms with Gasteiger partial charge in [0.1, 0.15) is 6.04 Å². The second kappa shape index (κ2) is 8.69. The van der Waals surface area contributed by atoms with E-state index in [1.54, 1.807) is 0 Å². The minimum Gasteiger partial charge on any atom is -0.347 e. The lowest BCUT2D eigenvalue weighted by Gasteiger charge is -2.19. The molecule has 0 bridgehead atoms. The number of fused-ring (bicyclic) bond motifs is 1. The molecule has 0 radical (unpaired) electrons. The van der Waals surface area contributed by atoms with Crippen molar-refractivity contribution < 1.29 is 4.79 Å². The largest absolute Gasteiger partial charge is 0.347 e. The molecular weight excluding hydrogens is 378 g/mol. The van der Waals surface area contributed by atoms with Gasteiger partial charge in [-0.15, -0.1) is 10.2 Å². The minimum atomic E-state index is -0.534. The van der Waals surface area contributed by atoms with Gasteiger partial charge in [0, 0.05) is 24.0 Å². The number of carbonyl (C=O) groups excluding carboxylic acids is 1. The summed E-state index contributed by atoms with van der Waals surface area (Å²) in [4.78, 5) is 21.9. The quantitative estimate of drug-likeness (QED) is 0.494. The van der Waals surface area contributed by atoms with Crippen molar-refractivity contribution in [2.24, 2.45) is 0 Å². The van der Waals surface area contributed by atoms with Crippen molar-refractivity contribution in [3.8, 4) is 0 Å². The molecule has 2 N–H and O–H groups in total. The van der Waals surface area contributed by atoms with Gasteiger partial charge in [0.2, 0.25) is 11.9 Å². The number of hydrogen-bond acceptors (Lipinski definition) is 6. The van der Waals surface area contributed by atoms with E-state index >= 15 is 0 Å². The first kappa shape index (κ1) is 19.5. The van der Waals surface area contributed by atoms with Crippen LogP contribution in [0.5, 0.6) is 0 Å². The lowest BCUT2D eigenvalue weighted by atomic mass is 10.1. The van der Waals surface area contributed by atoms with Gasteiger partial charge < -0.3 is 10.6 Å². The molecule has 0 unspecified atom stereocenters. The summed E-state index contributed by atoms with van der Waals surface area (Å²) in [7, 11) is 0. The van der Waals surface area contributed by atoms with Gasteiger partial charge in [0.15, 0.2) is 11.5 Å². The van der Waals surface area contributed by atoms with Crippen molar-refractivity contribution in [2.75, 3.05) is 5.32 Å². The number of rotatable bonds is 7. The van der Waals surface area contributed by atoms with Crippen LogP contribution in [0.3, 0.4) is 0 Å². The Bertz CT molecular complexity index is 1140. The van der Waals surface area contributed by atoms with Crippen LogP contribution in [0, 0.1) is 13.8 Å². The zero-order valence-electron chi connectivity index (χ0n) is 16.9. The molecule has 30 heavy (non-hydrogen) atoms. The summed E-state index contributed by atoms with van der Waals surface area (Å²) >= 11 is 0. The third-order valence-corrected chi connectivity index (χ3v) is 4.69. The standard InChI is InChI=1S/C22H23N7O/c1-15-12-16(2)25-22(24-15)26-18(13-17-8-4-3-5-9-17)21(30)23-14-20-28-27-19-10-6-7-11-29(19)20/h3-12,18H,13-14H2,1-2H3,(H,23,30)(H,24,25,26)/t18-/m1/s1. The molecule has 1 amide bonds. The molecule has 8 nitrogen and oxygen atoms in total. The number of aryl methyl sites for hydroxylation is 2. The van der Waals surface area contributed by atoms with Crippen LogP contribution >= 0.6 is 0 Å². The van der Waals surface area contributed by atoms with Crippen molar-refractivity contribution in [3.05, 3.63) is 83.6 Å². The second-order valence-corrected chi connectivity index (χ2v) is 7.12. The average molecular weight is 401 g/mol. The molecule has 0 aliphatic carbocycles. The number of amides is 1. The highest BCUT2D eigenvalue weighted by atomic mass is 16.2. The zero-order chi connectivity index (χ0) is 20.9. The Hall–Kier alpha value is -3.81. The van der Waals surface area contributed by atoms with Gasteiger partial charge in [0.05, 0.1) is 6.54 Å². The van der Waals surface area contributed by atoms with E-state index in [-0.39, 0.29) is 12.5 Å². The molecule has 0 fully saturated rings. The first-order valence-corrected chi connectivity index (χ1v) is 9.77. The Labute approximate surface area is 174 Å². The number of nitrogens with zero attached hydrogens (tertiary/aromatic N) is 5. The maximum absolute atomic E-state index is 13.1.